The van der Waals surface area contributed by atoms with Gasteiger partial charge in [0.2, 0.25) is 0 Å². The lowest BCUT2D eigenvalue weighted by Crippen LogP contribution is -2.35. The van der Waals surface area contributed by atoms with E-state index < -0.39 is 24.2 Å². The summed E-state index contributed by atoms with van der Waals surface area (Å²) in [6.07, 6.45) is -4.77. The van der Waals surface area contributed by atoms with Gasteiger partial charge in [-0.3, -0.25) is 4.79 Å². The van der Waals surface area contributed by atoms with Gasteiger partial charge in [0, 0.05) is 17.5 Å². The number of nitrogens with one attached hydrogen (secondary N) is 2. The molecule has 0 aliphatic carbocycles. The molecule has 3 aromatic carbocycles. The predicted molar refractivity (Wildman–Crippen MR) is 124 cm³/mol. The van der Waals surface area contributed by atoms with Gasteiger partial charge in [-0.1, -0.05) is 66.7 Å². The lowest BCUT2D eigenvalue weighted by Gasteiger charge is -2.33. The van der Waals surface area contributed by atoms with Gasteiger partial charge in [0.05, 0.1) is 10.5 Å². The van der Waals surface area contributed by atoms with Crippen LogP contribution in [0.4, 0.5) is 24.7 Å². The van der Waals surface area contributed by atoms with Crippen LogP contribution in [-0.2, 0) is 0 Å². The quantitative estimate of drug-likeness (QED) is 0.319. The number of amides is 1. The van der Waals surface area contributed by atoms with E-state index in [0.717, 1.165) is 21.0 Å². The van der Waals surface area contributed by atoms with Crippen molar-refractivity contribution >= 4 is 44.1 Å². The zero-order valence-corrected chi connectivity index (χ0v) is 18.7. The van der Waals surface area contributed by atoms with E-state index in [1.54, 1.807) is 36.4 Å². The van der Waals surface area contributed by atoms with E-state index >= 15 is 0 Å². The SMILES string of the molecule is O=C(Nc1cccc2ccccc12)c1nn2c(c1Br)N[C@H](c1ccccc1)C[C@@H]2C(F)(F)F. The Morgan fingerprint density at radius 3 is 2.48 bits per heavy atom. The summed E-state index contributed by atoms with van der Waals surface area (Å²) in [5.74, 6) is -0.473. The Hall–Kier alpha value is -3.33. The Balaban J connectivity index is 1.52. The van der Waals surface area contributed by atoms with Gasteiger partial charge in [-0.25, -0.2) is 4.68 Å². The Morgan fingerprint density at radius 2 is 1.73 bits per heavy atom. The normalized spacial score (nSPS) is 17.9. The van der Waals surface area contributed by atoms with Crippen molar-refractivity contribution in [3.05, 3.63) is 88.5 Å². The fourth-order valence-corrected chi connectivity index (χ4v) is 4.71. The van der Waals surface area contributed by atoms with Gasteiger partial charge in [-0.2, -0.15) is 18.3 Å². The molecule has 0 spiro atoms. The van der Waals surface area contributed by atoms with Crippen molar-refractivity contribution in [3.8, 4) is 0 Å². The smallest absolute Gasteiger partial charge is 0.362 e. The maximum absolute atomic E-state index is 14.0. The Labute approximate surface area is 195 Å². The molecule has 2 atom stereocenters. The van der Waals surface area contributed by atoms with Gasteiger partial charge in [0.1, 0.15) is 5.82 Å². The fraction of sp³-hybridized carbons (Fsp3) is 0.167. The van der Waals surface area contributed by atoms with Gasteiger partial charge in [0.15, 0.2) is 11.7 Å². The molecule has 1 aliphatic rings. The first-order valence-corrected chi connectivity index (χ1v) is 11.1. The van der Waals surface area contributed by atoms with E-state index in [-0.39, 0.29) is 22.4 Å². The van der Waals surface area contributed by atoms with Crippen molar-refractivity contribution in [3.63, 3.8) is 0 Å². The van der Waals surface area contributed by atoms with Crippen LogP contribution in [0.1, 0.15) is 34.6 Å². The van der Waals surface area contributed by atoms with Crippen LogP contribution in [-0.4, -0.2) is 21.9 Å². The molecule has 0 unspecified atom stereocenters. The van der Waals surface area contributed by atoms with E-state index in [2.05, 4.69) is 31.7 Å². The number of nitrogens with zero attached hydrogens (tertiary/aromatic N) is 2. The minimum Gasteiger partial charge on any atom is -0.362 e. The van der Waals surface area contributed by atoms with Crippen LogP contribution < -0.4 is 10.6 Å². The molecule has 168 valence electrons. The summed E-state index contributed by atoms with van der Waals surface area (Å²) in [6.45, 7) is 0. The van der Waals surface area contributed by atoms with Gasteiger partial charge in [0.25, 0.3) is 5.91 Å². The number of hydrogen-bond acceptors (Lipinski definition) is 3. The third-order valence-corrected chi connectivity index (χ3v) is 6.50. The molecule has 1 amide bonds. The van der Waals surface area contributed by atoms with Gasteiger partial charge >= 0.3 is 6.18 Å². The van der Waals surface area contributed by atoms with Gasteiger partial charge < -0.3 is 10.6 Å². The minimum absolute atomic E-state index is 0.117. The molecule has 33 heavy (non-hydrogen) atoms. The highest BCUT2D eigenvalue weighted by molar-refractivity contribution is 9.10. The van der Waals surface area contributed by atoms with E-state index in [1.807, 2.05) is 36.4 Å². The molecule has 1 aliphatic heterocycles. The zero-order chi connectivity index (χ0) is 23.2. The monoisotopic (exact) mass is 514 g/mol. The third-order valence-electron chi connectivity index (χ3n) is 5.75. The van der Waals surface area contributed by atoms with Crippen molar-refractivity contribution in [1.29, 1.82) is 0 Å². The molecule has 9 heteroatoms. The summed E-state index contributed by atoms with van der Waals surface area (Å²) in [7, 11) is 0. The standard InChI is InChI=1S/C24H18BrF3N4O/c25-20-21(23(33)30-17-12-6-10-14-7-4-5-11-16(14)17)31-32-19(24(26,27)28)13-18(29-22(20)32)15-8-2-1-3-9-15/h1-12,18-19,29H,13H2,(H,30,33)/t18-,19+/m0/s1. The van der Waals surface area contributed by atoms with E-state index in [0.29, 0.717) is 5.69 Å². The van der Waals surface area contributed by atoms with Crippen molar-refractivity contribution in [2.75, 3.05) is 10.6 Å². The van der Waals surface area contributed by atoms with Crippen LogP contribution in [0.15, 0.2) is 77.3 Å². The highest BCUT2D eigenvalue weighted by Crippen LogP contribution is 2.46. The average molecular weight is 515 g/mol. The second-order valence-corrected chi connectivity index (χ2v) is 8.63. The summed E-state index contributed by atoms with van der Waals surface area (Å²) in [6, 6.07) is 19.5. The number of alkyl halides is 3. The molecule has 4 aromatic rings. The summed E-state index contributed by atoms with van der Waals surface area (Å²) in [5, 5.41) is 11.8. The zero-order valence-electron chi connectivity index (χ0n) is 17.1. The van der Waals surface area contributed by atoms with Gasteiger partial charge in [-0.05, 0) is 32.9 Å². The van der Waals surface area contributed by atoms with E-state index in [9.17, 15) is 18.0 Å². The molecule has 5 rings (SSSR count). The maximum Gasteiger partial charge on any atom is 0.410 e. The molecule has 5 nitrogen and oxygen atoms in total. The number of anilines is 2. The molecule has 1 aromatic heterocycles. The average Bonchev–Trinajstić information content (AvgIpc) is 3.15. The first kappa shape index (κ1) is 21.5. The number of rotatable bonds is 3. The second-order valence-electron chi connectivity index (χ2n) is 7.84. The number of hydrogen-bond donors (Lipinski definition) is 2. The molecule has 2 N–H and O–H groups in total. The topological polar surface area (TPSA) is 59.0 Å². The molecule has 0 radical (unpaired) electrons. The third kappa shape index (κ3) is 3.97. The van der Waals surface area contributed by atoms with Crippen LogP contribution in [0.25, 0.3) is 10.8 Å². The number of carbonyl (C=O) groups is 1. The molecule has 2 heterocycles. The van der Waals surface area contributed by atoms with Crippen molar-refractivity contribution in [2.45, 2.75) is 24.7 Å². The molecule has 0 saturated heterocycles. The lowest BCUT2D eigenvalue weighted by atomic mass is 9.97. The van der Waals surface area contributed by atoms with Gasteiger partial charge in [-0.15, -0.1) is 0 Å². The number of fused-ring (bicyclic) bond motifs is 2. The Morgan fingerprint density at radius 1 is 1.03 bits per heavy atom. The van der Waals surface area contributed by atoms with E-state index in [4.69, 9.17) is 0 Å². The van der Waals surface area contributed by atoms with Crippen LogP contribution in [0.5, 0.6) is 0 Å². The second kappa shape index (κ2) is 8.22. The summed E-state index contributed by atoms with van der Waals surface area (Å²) in [4.78, 5) is 13.1. The summed E-state index contributed by atoms with van der Waals surface area (Å²) in [5.41, 5.74) is 1.17. The maximum atomic E-state index is 14.0. The molecular formula is C24H18BrF3N4O. The number of benzene rings is 3. The fourth-order valence-electron chi connectivity index (χ4n) is 4.15. The minimum atomic E-state index is -4.53. The molecule has 0 saturated carbocycles. The predicted octanol–water partition coefficient (Wildman–Crippen LogP) is 6.71. The molecular weight excluding hydrogens is 497 g/mol. The first-order chi connectivity index (χ1) is 15.8. The highest BCUT2D eigenvalue weighted by atomic mass is 79.9. The lowest BCUT2D eigenvalue weighted by molar-refractivity contribution is -0.173. The number of aromatic nitrogens is 2. The number of halogens is 4. The Kier molecular flexibility index (Phi) is 5.36. The van der Waals surface area contributed by atoms with Crippen LogP contribution in [0.3, 0.4) is 0 Å². The van der Waals surface area contributed by atoms with Crippen molar-refractivity contribution < 1.29 is 18.0 Å². The molecule has 0 bridgehead atoms. The van der Waals surface area contributed by atoms with Crippen LogP contribution in [0, 0.1) is 0 Å². The van der Waals surface area contributed by atoms with E-state index in [1.165, 1.54) is 0 Å². The first-order valence-electron chi connectivity index (χ1n) is 10.3. The number of carbonyl (C=O) groups excluding carboxylic acids is 1. The molecule has 0 fully saturated rings. The largest absolute Gasteiger partial charge is 0.410 e. The highest BCUT2D eigenvalue weighted by Gasteiger charge is 2.47. The summed E-state index contributed by atoms with van der Waals surface area (Å²) < 4.78 is 43.0. The summed E-state index contributed by atoms with van der Waals surface area (Å²) >= 11 is 3.32. The Bertz CT molecular complexity index is 1330. The van der Waals surface area contributed by atoms with Crippen molar-refractivity contribution in [1.82, 2.24) is 9.78 Å². The van der Waals surface area contributed by atoms with Crippen molar-refractivity contribution in [2.24, 2.45) is 0 Å². The van der Waals surface area contributed by atoms with Crippen LogP contribution >= 0.6 is 15.9 Å². The van der Waals surface area contributed by atoms with Crippen LogP contribution in [0.2, 0.25) is 0 Å².